The van der Waals surface area contributed by atoms with Crippen LogP contribution in [-0.4, -0.2) is 163 Å². The molecule has 5 aliphatic heterocycles. The van der Waals surface area contributed by atoms with E-state index in [2.05, 4.69) is 22.4 Å². The van der Waals surface area contributed by atoms with Gasteiger partial charge in [-0.05, 0) is 112 Å². The summed E-state index contributed by atoms with van der Waals surface area (Å²) in [6.07, 6.45) is -5.93. The lowest BCUT2D eigenvalue weighted by Gasteiger charge is -2.50. The van der Waals surface area contributed by atoms with E-state index in [0.29, 0.717) is 30.9 Å². The molecule has 7 heterocycles. The number of carbonyl (C=O) groups excluding carboxylic acids is 1. The number of aromatic nitrogens is 1. The van der Waals surface area contributed by atoms with Gasteiger partial charge in [-0.3, -0.25) is 4.79 Å². The predicted octanol–water partition coefficient (Wildman–Crippen LogP) is 4.87. The minimum absolute atomic E-state index is 0.0756. The van der Waals surface area contributed by atoms with Gasteiger partial charge in [-0.2, -0.15) is 0 Å². The molecular weight excluding hydrogens is 909 g/mol. The first-order chi connectivity index (χ1) is 32.5. The van der Waals surface area contributed by atoms with Crippen LogP contribution in [0.5, 0.6) is 0 Å². The first-order valence-electron chi connectivity index (χ1n) is 24.7. The van der Waals surface area contributed by atoms with Crippen molar-refractivity contribution in [2.45, 2.75) is 192 Å². The maximum atomic E-state index is 14.8. The number of hydrogen-bond acceptors (Lipinski definition) is 19. The predicted molar refractivity (Wildman–Crippen MR) is 263 cm³/mol. The number of esters is 1. The van der Waals surface area contributed by atoms with Crippen molar-refractivity contribution in [2.24, 2.45) is 28.6 Å². The van der Waals surface area contributed by atoms with Crippen molar-refractivity contribution in [2.75, 3.05) is 46.7 Å². The molecule has 18 nitrogen and oxygen atoms in total. The Balaban J connectivity index is 1.46. The minimum atomic E-state index is -1.68. The molecule has 18 atom stereocenters. The zero-order chi connectivity index (χ0) is 50.6. The molecule has 2 aromatic heterocycles. The van der Waals surface area contributed by atoms with Crippen LogP contribution < -0.4 is 16.8 Å². The van der Waals surface area contributed by atoms with Gasteiger partial charge in [0.25, 0.3) is 0 Å². The molecule has 0 aliphatic carbocycles. The van der Waals surface area contributed by atoms with Crippen molar-refractivity contribution < 1.29 is 57.7 Å². The lowest BCUT2D eigenvalue weighted by Crippen LogP contribution is -2.62. The number of fused-ring (bicyclic) bond motifs is 15. The second-order valence-corrected chi connectivity index (χ2v) is 22.1. The fourth-order valence-corrected chi connectivity index (χ4v) is 11.6. The van der Waals surface area contributed by atoms with Crippen LogP contribution in [0.25, 0.3) is 10.6 Å². The number of methoxy groups -OCH3 is 1. The van der Waals surface area contributed by atoms with Gasteiger partial charge < -0.3 is 74.6 Å². The Kier molecular flexibility index (Phi) is 18.7. The number of nitrogen functional groups attached to an aromatic ring is 1. The van der Waals surface area contributed by atoms with Gasteiger partial charge in [0, 0.05) is 43.0 Å². The van der Waals surface area contributed by atoms with Gasteiger partial charge in [0.05, 0.1) is 77.5 Å². The molecule has 390 valence electrons. The summed E-state index contributed by atoms with van der Waals surface area (Å²) in [4.78, 5) is 29.2. The number of thiophene rings is 1. The number of likely N-dealkylation sites (N-methyl/N-ethyl adjacent to an activating group) is 1. The standard InChI is InChI=1S/C50H82N6O12S/c1-14-38-50(10,59)44-27(2)23-53-28(3)21-49(9,62-25-33(24-61-44)55-63-26-34-18-19-37(69-34)35-16-15-17-39(51)54-35)45(68-47-41(57)36(56(11)12)20-29(4)64-47)30(5)42(31(6)46(58)66-38)67-40-22-48(8,60-13)43(52)32(7)65-40/h15-19,27-32,36,38,40-45,47,53,57,59H,14,20-26,52H2,1-13H3,(H2,51,54)/b55-33+/t27-,28+,29+,30-,31+,32-,36-,38+,40-,41+,42-,43+,44+,45+,47-,48+,49+,50+/m0/s1. The lowest BCUT2D eigenvalue weighted by atomic mass is 9.78. The number of nitrogens with two attached hydrogens (primary N) is 2. The van der Waals surface area contributed by atoms with E-state index in [1.54, 1.807) is 27.0 Å². The molecule has 0 amide bonds. The Morgan fingerprint density at radius 2 is 1.77 bits per heavy atom. The molecule has 2 bridgehead atoms. The van der Waals surface area contributed by atoms with Gasteiger partial charge in [0.2, 0.25) is 0 Å². The molecule has 0 spiro atoms. The van der Waals surface area contributed by atoms with Crippen LogP contribution in [0, 0.1) is 17.8 Å². The molecule has 5 fully saturated rings. The van der Waals surface area contributed by atoms with Crippen LogP contribution in [0.3, 0.4) is 0 Å². The van der Waals surface area contributed by atoms with Gasteiger partial charge in [0.1, 0.15) is 29.3 Å². The molecule has 19 heteroatoms. The molecule has 5 aliphatic rings. The summed E-state index contributed by atoms with van der Waals surface area (Å²) < 4.78 is 53.4. The zero-order valence-electron chi connectivity index (χ0n) is 43.1. The number of pyridine rings is 1. The summed E-state index contributed by atoms with van der Waals surface area (Å²) in [5, 5.41) is 33.0. The number of hydrogen-bond donors (Lipinski definition) is 5. The Hall–Kier alpha value is -2.89. The summed E-state index contributed by atoms with van der Waals surface area (Å²) in [5.74, 6) is -2.08. The summed E-state index contributed by atoms with van der Waals surface area (Å²) in [6.45, 7) is 19.4. The molecule has 7 N–H and O–H groups in total. The average molecular weight is 991 g/mol. The van der Waals surface area contributed by atoms with Crippen LogP contribution in [0.4, 0.5) is 5.82 Å². The number of nitrogens with one attached hydrogen (secondary N) is 1. The van der Waals surface area contributed by atoms with Gasteiger partial charge >= 0.3 is 5.97 Å². The van der Waals surface area contributed by atoms with Crippen molar-refractivity contribution in [1.82, 2.24) is 15.2 Å². The van der Waals surface area contributed by atoms with E-state index in [1.807, 2.05) is 91.7 Å². The zero-order valence-corrected chi connectivity index (χ0v) is 43.9. The molecule has 5 saturated heterocycles. The molecule has 2 aromatic rings. The Bertz CT molecular complexity index is 2010. The number of aliphatic hydroxyl groups excluding tert-OH is 1. The number of aliphatic hydroxyl groups is 2. The Morgan fingerprint density at radius 1 is 1.03 bits per heavy atom. The molecule has 7 rings (SSSR count). The number of nitrogens with zero attached hydrogens (tertiary/aromatic N) is 3. The molecular formula is C50H82N6O12S. The third-order valence-electron chi connectivity index (χ3n) is 14.9. The Labute approximate surface area is 413 Å². The maximum Gasteiger partial charge on any atom is 0.311 e. The highest BCUT2D eigenvalue weighted by Gasteiger charge is 2.53. The van der Waals surface area contributed by atoms with Gasteiger partial charge in [-0.25, -0.2) is 4.98 Å². The minimum Gasteiger partial charge on any atom is -0.459 e. The van der Waals surface area contributed by atoms with Crippen LogP contribution in [0.15, 0.2) is 35.5 Å². The largest absolute Gasteiger partial charge is 0.459 e. The summed E-state index contributed by atoms with van der Waals surface area (Å²) in [6, 6.07) is 8.52. The number of rotatable bonds is 11. The van der Waals surface area contributed by atoms with Crippen LogP contribution in [-0.2, 0) is 54.1 Å². The molecule has 0 unspecified atom stereocenters. The fourth-order valence-electron chi connectivity index (χ4n) is 10.7. The summed E-state index contributed by atoms with van der Waals surface area (Å²) in [7, 11) is 5.46. The van der Waals surface area contributed by atoms with Crippen LogP contribution in [0.1, 0.15) is 99.8 Å². The van der Waals surface area contributed by atoms with Gasteiger partial charge in [-0.1, -0.05) is 32.0 Å². The van der Waals surface area contributed by atoms with Crippen LogP contribution >= 0.6 is 11.3 Å². The smallest absolute Gasteiger partial charge is 0.311 e. The highest BCUT2D eigenvalue weighted by atomic mass is 32.1. The highest BCUT2D eigenvalue weighted by Crippen LogP contribution is 2.41. The SMILES string of the molecule is CC[C@H]1OC(=O)[C@H](C)[C@@H](O[C@H]2C[C@@](C)(OC)[C@H](N)[C@H](C)O2)[C@H](C)[C@@H](O[C@@H]2O[C@H](C)C[C@H](N(C)C)[C@H]2O)[C@@]2(C)C[C@@H](C)NC[C@H](C)[C@@H](OC/C(=N\OCc3ccc(-c4cccc(N)n4)s3)CO2)[C@]1(C)O. The number of anilines is 1. The topological polar surface area (TPSA) is 233 Å². The maximum absolute atomic E-state index is 14.8. The van der Waals surface area contributed by atoms with Crippen molar-refractivity contribution in [3.8, 4) is 10.6 Å². The highest BCUT2D eigenvalue weighted by molar-refractivity contribution is 7.15. The summed E-state index contributed by atoms with van der Waals surface area (Å²) in [5.41, 5.74) is 10.1. The van der Waals surface area contributed by atoms with Crippen molar-refractivity contribution in [1.29, 1.82) is 0 Å². The van der Waals surface area contributed by atoms with Crippen molar-refractivity contribution in [3.05, 3.63) is 35.2 Å². The van der Waals surface area contributed by atoms with E-state index in [9.17, 15) is 15.0 Å². The molecule has 69 heavy (non-hydrogen) atoms. The Morgan fingerprint density at radius 3 is 2.45 bits per heavy atom. The molecule has 0 saturated carbocycles. The normalized spacial score (nSPS) is 41.7. The van der Waals surface area contributed by atoms with Crippen molar-refractivity contribution >= 4 is 28.8 Å². The monoisotopic (exact) mass is 991 g/mol. The summed E-state index contributed by atoms with van der Waals surface area (Å²) >= 11 is 1.52. The number of ether oxygens (including phenoxy) is 8. The van der Waals surface area contributed by atoms with E-state index in [1.165, 1.54) is 11.3 Å². The van der Waals surface area contributed by atoms with E-state index in [4.69, 9.17) is 54.2 Å². The van der Waals surface area contributed by atoms with Gasteiger partial charge in [-0.15, -0.1) is 11.3 Å². The molecule has 0 aromatic carbocycles. The first-order valence-corrected chi connectivity index (χ1v) is 25.5. The fraction of sp³-hybridized carbons (Fsp3) is 0.780. The van der Waals surface area contributed by atoms with E-state index < -0.39 is 89.9 Å². The quantitative estimate of drug-likeness (QED) is 0.149. The second-order valence-electron chi connectivity index (χ2n) is 20.9. The lowest BCUT2D eigenvalue weighted by molar-refractivity contribution is -0.313. The van der Waals surface area contributed by atoms with E-state index >= 15 is 0 Å². The molecule has 0 radical (unpaired) electrons. The number of carbonyl (C=O) groups is 1. The third kappa shape index (κ3) is 13.0. The third-order valence-corrected chi connectivity index (χ3v) is 16.0. The second kappa shape index (κ2) is 23.3. The van der Waals surface area contributed by atoms with Crippen LogP contribution in [0.2, 0.25) is 0 Å². The number of oxime groups is 1. The average Bonchev–Trinajstić information content (AvgIpc) is 3.77. The first kappa shape index (κ1) is 55.4. The van der Waals surface area contributed by atoms with Crippen molar-refractivity contribution in [3.63, 3.8) is 0 Å². The van der Waals surface area contributed by atoms with E-state index in [-0.39, 0.29) is 56.8 Å². The van der Waals surface area contributed by atoms with Gasteiger partial charge in [0.15, 0.2) is 19.2 Å². The van der Waals surface area contributed by atoms with E-state index in [0.717, 1.165) is 15.4 Å².